The van der Waals surface area contributed by atoms with Crippen molar-refractivity contribution in [3.8, 4) is 0 Å². The molecule has 0 saturated heterocycles. The topological polar surface area (TPSA) is 35.5 Å². The summed E-state index contributed by atoms with van der Waals surface area (Å²) < 4.78 is 0. The van der Waals surface area contributed by atoms with E-state index in [1.807, 2.05) is 48.4 Å². The molecule has 0 spiro atoms. The average molecular weight is 290 g/mol. The van der Waals surface area contributed by atoms with Gasteiger partial charge in [-0.3, -0.25) is 0 Å². The van der Waals surface area contributed by atoms with Gasteiger partial charge in [-0.2, -0.15) is 0 Å². The zero-order valence-electron chi connectivity index (χ0n) is 11.8. The minimum Gasteiger partial charge on any atom is -0.391 e. The van der Waals surface area contributed by atoms with Gasteiger partial charge in [0.05, 0.1) is 12.1 Å². The first-order valence-electron chi connectivity index (χ1n) is 7.01. The Hall–Kier alpha value is -1.39. The Bertz CT molecular complexity index is 463. The van der Waals surface area contributed by atoms with Crippen molar-refractivity contribution >= 4 is 23.0 Å². The van der Waals surface area contributed by atoms with Gasteiger partial charge in [-0.1, -0.05) is 24.3 Å². The number of nitrogens with zero attached hydrogens (tertiary/aromatic N) is 1. The molecular formula is C16H22N2OS. The molecule has 1 saturated carbocycles. The summed E-state index contributed by atoms with van der Waals surface area (Å²) in [6.45, 7) is 3.87. The molecule has 4 heteroatoms. The van der Waals surface area contributed by atoms with Crippen LogP contribution >= 0.6 is 12.2 Å². The fourth-order valence-electron chi connectivity index (χ4n) is 2.68. The fraction of sp³-hybridized carbons (Fsp3) is 0.438. The highest BCUT2D eigenvalue weighted by Gasteiger charge is 2.31. The third-order valence-corrected chi connectivity index (χ3v) is 4.39. The van der Waals surface area contributed by atoms with E-state index in [4.69, 9.17) is 12.2 Å². The Morgan fingerprint density at radius 1 is 1.40 bits per heavy atom. The summed E-state index contributed by atoms with van der Waals surface area (Å²) in [4.78, 5) is 1.97. The van der Waals surface area contributed by atoms with Crippen molar-refractivity contribution in [3.05, 3.63) is 43.0 Å². The highest BCUT2D eigenvalue weighted by atomic mass is 32.1. The van der Waals surface area contributed by atoms with Crippen LogP contribution in [-0.4, -0.2) is 34.3 Å². The molecule has 3 nitrogen and oxygen atoms in total. The summed E-state index contributed by atoms with van der Waals surface area (Å²) in [7, 11) is 1.94. The third-order valence-electron chi connectivity index (χ3n) is 4.00. The van der Waals surface area contributed by atoms with Gasteiger partial charge < -0.3 is 15.3 Å². The molecule has 3 atom stereocenters. The lowest BCUT2D eigenvalue weighted by molar-refractivity contribution is 0.0483. The Morgan fingerprint density at radius 2 is 2.10 bits per heavy atom. The van der Waals surface area contributed by atoms with Gasteiger partial charge in [0.25, 0.3) is 0 Å². The van der Waals surface area contributed by atoms with Gasteiger partial charge >= 0.3 is 0 Å². The highest BCUT2D eigenvalue weighted by molar-refractivity contribution is 7.80. The molecule has 2 rings (SSSR count). The standard InChI is InChI=1S/C16H22N2OS/c1-3-12-9-10-15(19)14(11-12)18(2)16(20)17-13-7-5-4-6-8-13/h3-8,12,14-15,19H,1,9-11H2,2H3,(H,17,20)/t12-,14+,15-/m1/s1. The first-order valence-corrected chi connectivity index (χ1v) is 7.42. The normalized spacial score (nSPS) is 25.8. The number of para-hydroxylation sites is 1. The molecule has 0 heterocycles. The zero-order valence-corrected chi connectivity index (χ0v) is 12.6. The molecule has 108 valence electrons. The number of thiocarbonyl (C=S) groups is 1. The van der Waals surface area contributed by atoms with E-state index in [-0.39, 0.29) is 12.1 Å². The van der Waals surface area contributed by atoms with Crippen LogP contribution in [0.2, 0.25) is 0 Å². The molecule has 1 fully saturated rings. The maximum absolute atomic E-state index is 10.2. The minimum absolute atomic E-state index is 0.0514. The largest absolute Gasteiger partial charge is 0.391 e. The molecule has 20 heavy (non-hydrogen) atoms. The number of nitrogens with one attached hydrogen (secondary N) is 1. The predicted molar refractivity (Wildman–Crippen MR) is 87.8 cm³/mol. The molecule has 2 N–H and O–H groups in total. The Balaban J connectivity index is 2.00. The summed E-state index contributed by atoms with van der Waals surface area (Å²) in [5, 5.41) is 14.1. The van der Waals surface area contributed by atoms with E-state index in [1.54, 1.807) is 0 Å². The van der Waals surface area contributed by atoms with Crippen LogP contribution < -0.4 is 5.32 Å². The summed E-state index contributed by atoms with van der Waals surface area (Å²) in [6.07, 6.45) is 4.37. The van der Waals surface area contributed by atoms with Crippen molar-refractivity contribution in [3.63, 3.8) is 0 Å². The Labute approximate surface area is 126 Å². The number of hydrogen-bond donors (Lipinski definition) is 2. The molecule has 0 radical (unpaired) electrons. The quantitative estimate of drug-likeness (QED) is 0.662. The van der Waals surface area contributed by atoms with Crippen molar-refractivity contribution < 1.29 is 5.11 Å². The smallest absolute Gasteiger partial charge is 0.173 e. The number of benzene rings is 1. The molecule has 1 aliphatic carbocycles. The van der Waals surface area contributed by atoms with Crippen molar-refractivity contribution in [2.75, 3.05) is 12.4 Å². The van der Waals surface area contributed by atoms with Crippen molar-refractivity contribution in [1.29, 1.82) is 0 Å². The lowest BCUT2D eigenvalue weighted by atomic mass is 9.83. The molecule has 0 bridgehead atoms. The SMILES string of the molecule is C=C[C@@H]1CC[C@@H](O)[C@@H](N(C)C(=S)Nc2ccccc2)C1. The lowest BCUT2D eigenvalue weighted by Gasteiger charge is -2.39. The van der Waals surface area contributed by atoms with Crippen molar-refractivity contribution in [2.45, 2.75) is 31.4 Å². The van der Waals surface area contributed by atoms with Crippen LogP contribution in [0, 0.1) is 5.92 Å². The molecule has 1 aliphatic rings. The third kappa shape index (κ3) is 3.58. The van der Waals surface area contributed by atoms with E-state index in [0.29, 0.717) is 11.0 Å². The number of likely N-dealkylation sites (N-methyl/N-ethyl adjacent to an activating group) is 1. The van der Waals surface area contributed by atoms with Crippen LogP contribution in [-0.2, 0) is 0 Å². The molecule has 0 unspecified atom stereocenters. The van der Waals surface area contributed by atoms with E-state index in [0.717, 1.165) is 24.9 Å². The molecule has 1 aromatic rings. The number of aliphatic hydroxyl groups is 1. The second kappa shape index (κ2) is 6.86. The second-order valence-electron chi connectivity index (χ2n) is 5.35. The fourth-order valence-corrected chi connectivity index (χ4v) is 2.93. The minimum atomic E-state index is -0.327. The summed E-state index contributed by atoms with van der Waals surface area (Å²) in [5.41, 5.74) is 0.968. The monoisotopic (exact) mass is 290 g/mol. The molecular weight excluding hydrogens is 268 g/mol. The molecule has 0 aromatic heterocycles. The zero-order chi connectivity index (χ0) is 14.5. The summed E-state index contributed by atoms with van der Waals surface area (Å²) >= 11 is 5.45. The van der Waals surface area contributed by atoms with Crippen molar-refractivity contribution in [1.82, 2.24) is 4.90 Å². The first-order chi connectivity index (χ1) is 9.61. The Morgan fingerprint density at radius 3 is 2.75 bits per heavy atom. The maximum Gasteiger partial charge on any atom is 0.173 e. The van der Waals surface area contributed by atoms with Crippen LogP contribution in [0.4, 0.5) is 5.69 Å². The van der Waals surface area contributed by atoms with Crippen LogP contribution in [0.5, 0.6) is 0 Å². The van der Waals surface area contributed by atoms with Gasteiger partial charge in [0.1, 0.15) is 0 Å². The summed E-state index contributed by atoms with van der Waals surface area (Å²) in [5.74, 6) is 0.463. The predicted octanol–water partition coefficient (Wildman–Crippen LogP) is 3.03. The number of aliphatic hydroxyl groups excluding tert-OH is 1. The highest BCUT2D eigenvalue weighted by Crippen LogP contribution is 2.28. The second-order valence-corrected chi connectivity index (χ2v) is 5.74. The van der Waals surface area contributed by atoms with E-state index < -0.39 is 0 Å². The maximum atomic E-state index is 10.2. The van der Waals surface area contributed by atoms with E-state index in [2.05, 4.69) is 11.9 Å². The van der Waals surface area contributed by atoms with Gasteiger partial charge in [0, 0.05) is 12.7 Å². The average Bonchev–Trinajstić information content (AvgIpc) is 2.48. The Kier molecular flexibility index (Phi) is 5.15. The van der Waals surface area contributed by atoms with Crippen LogP contribution in [0.25, 0.3) is 0 Å². The number of hydrogen-bond acceptors (Lipinski definition) is 2. The van der Waals surface area contributed by atoms with E-state index in [9.17, 15) is 5.11 Å². The first kappa shape index (κ1) is 15.0. The number of anilines is 1. The van der Waals surface area contributed by atoms with E-state index in [1.165, 1.54) is 0 Å². The van der Waals surface area contributed by atoms with Crippen LogP contribution in [0.15, 0.2) is 43.0 Å². The van der Waals surface area contributed by atoms with Gasteiger partial charge in [-0.05, 0) is 49.5 Å². The van der Waals surface area contributed by atoms with Crippen LogP contribution in [0.1, 0.15) is 19.3 Å². The van der Waals surface area contributed by atoms with Gasteiger partial charge in [0.15, 0.2) is 5.11 Å². The van der Waals surface area contributed by atoms with Crippen molar-refractivity contribution in [2.24, 2.45) is 5.92 Å². The number of allylic oxidation sites excluding steroid dienone is 1. The molecule has 0 aliphatic heterocycles. The lowest BCUT2D eigenvalue weighted by Crippen LogP contribution is -2.49. The van der Waals surface area contributed by atoms with Gasteiger partial charge in [-0.15, -0.1) is 6.58 Å². The summed E-state index contributed by atoms with van der Waals surface area (Å²) in [6, 6.07) is 9.91. The van der Waals surface area contributed by atoms with Gasteiger partial charge in [0.2, 0.25) is 0 Å². The number of rotatable bonds is 3. The van der Waals surface area contributed by atoms with Crippen LogP contribution in [0.3, 0.4) is 0 Å². The molecule has 0 amide bonds. The van der Waals surface area contributed by atoms with E-state index >= 15 is 0 Å². The molecule has 1 aromatic carbocycles. The van der Waals surface area contributed by atoms with Gasteiger partial charge in [-0.25, -0.2) is 0 Å².